The molecule has 1 atom stereocenters. The van der Waals surface area contributed by atoms with Gasteiger partial charge in [0.05, 0.1) is 21.2 Å². The van der Waals surface area contributed by atoms with Crippen LogP contribution in [0.3, 0.4) is 0 Å². The fourth-order valence-electron chi connectivity index (χ4n) is 4.15. The largest absolute Gasteiger partial charge is 0.491 e. The number of nitrogens with one attached hydrogen (secondary N) is 1. The number of nitrogens with zero attached hydrogens (tertiary/aromatic N) is 2. The second-order valence-corrected chi connectivity index (χ2v) is 9.91. The van der Waals surface area contributed by atoms with Gasteiger partial charge >= 0.3 is 0 Å². The summed E-state index contributed by atoms with van der Waals surface area (Å²) in [5, 5.41) is 2.85. The number of rotatable bonds is 6. The van der Waals surface area contributed by atoms with Crippen LogP contribution in [-0.2, 0) is 17.8 Å². The third-order valence-electron chi connectivity index (χ3n) is 6.03. The Hall–Kier alpha value is -3.39. The Morgan fingerprint density at radius 2 is 2.00 bits per heavy atom. The van der Waals surface area contributed by atoms with Crippen LogP contribution in [0.2, 0.25) is 0 Å². The monoisotopic (exact) mass is 510 g/mol. The molecule has 2 aromatic carbocycles. The number of ether oxygens (including phenoxy) is 1. The molecule has 2 heterocycles. The molecule has 0 fully saturated rings. The summed E-state index contributed by atoms with van der Waals surface area (Å²) >= 11 is 0. The molecule has 36 heavy (non-hydrogen) atoms. The van der Waals surface area contributed by atoms with Gasteiger partial charge in [-0.15, -0.1) is 0 Å². The summed E-state index contributed by atoms with van der Waals surface area (Å²) in [5.41, 5.74) is 8.46. The maximum Gasteiger partial charge on any atom is 0.254 e. The first-order valence-corrected chi connectivity index (χ1v) is 13.3. The quantitative estimate of drug-likeness (QED) is 0.439. The molecule has 2 amide bonds. The lowest BCUT2D eigenvalue weighted by molar-refractivity contribution is -0.114. The van der Waals surface area contributed by atoms with Crippen molar-refractivity contribution in [1.82, 2.24) is 9.88 Å². The van der Waals surface area contributed by atoms with E-state index in [-0.39, 0.29) is 23.7 Å². The van der Waals surface area contributed by atoms with Gasteiger partial charge in [-0.3, -0.25) is 9.59 Å². The van der Waals surface area contributed by atoms with Crippen LogP contribution in [0, 0.1) is 5.82 Å². The van der Waals surface area contributed by atoms with E-state index >= 15 is 4.39 Å². The summed E-state index contributed by atoms with van der Waals surface area (Å²) in [4.78, 5) is 40.8. The lowest BCUT2D eigenvalue weighted by Crippen LogP contribution is -2.33. The maximum absolute atomic E-state index is 15.0. The van der Waals surface area contributed by atoms with E-state index in [9.17, 15) is 14.5 Å². The summed E-state index contributed by atoms with van der Waals surface area (Å²) < 4.78 is 20.9. The van der Waals surface area contributed by atoms with Gasteiger partial charge in [-0.05, 0) is 55.0 Å². The molecule has 1 aliphatic heterocycles. The maximum atomic E-state index is 15.0. The standard InChI is InChI=1S/C26H28FN4O4P/c1-3-19-20(6-8-22(25(19)27)36(2)34)26(33)31-10-11-35-21-7-4-16(12-18(21)15-31)17-5-9-23(29-14-17)30-24(32)13-28/h4-9,12,14,34H,3,10-11,13,15,28H2,1-2H3,(H,29,30,32). The molecule has 1 aromatic heterocycles. The third kappa shape index (κ3) is 5.38. The number of fused-ring (bicyclic) bond motifs is 1. The second-order valence-electron chi connectivity index (χ2n) is 8.38. The van der Waals surface area contributed by atoms with Gasteiger partial charge in [-0.1, -0.05) is 13.0 Å². The number of carbonyl (C=O) groups is 2. The topological polar surface area (TPSA) is 118 Å². The van der Waals surface area contributed by atoms with E-state index in [1.807, 2.05) is 24.3 Å². The van der Waals surface area contributed by atoms with Gasteiger partial charge in [-0.25, -0.2) is 9.37 Å². The van der Waals surface area contributed by atoms with Gasteiger partial charge in [0, 0.05) is 40.3 Å². The summed E-state index contributed by atoms with van der Waals surface area (Å²) in [7, 11) is -1.61. The highest BCUT2D eigenvalue weighted by molar-refractivity contribution is 7.59. The van der Waals surface area contributed by atoms with Crippen molar-refractivity contribution in [2.45, 2.75) is 19.9 Å². The van der Waals surface area contributed by atoms with Gasteiger partial charge in [0.25, 0.3) is 5.91 Å². The van der Waals surface area contributed by atoms with Crippen LogP contribution in [0.5, 0.6) is 5.75 Å². The predicted molar refractivity (Wildman–Crippen MR) is 138 cm³/mol. The molecule has 4 rings (SSSR count). The molecule has 0 spiro atoms. The van der Waals surface area contributed by atoms with Crippen LogP contribution in [0.15, 0.2) is 48.7 Å². The summed E-state index contributed by atoms with van der Waals surface area (Å²) in [6, 6.07) is 12.3. The molecular formula is C26H28FN4O4P. The van der Waals surface area contributed by atoms with Crippen molar-refractivity contribution in [3.05, 3.63) is 71.2 Å². The zero-order valence-electron chi connectivity index (χ0n) is 20.1. The van der Waals surface area contributed by atoms with Crippen LogP contribution in [0.4, 0.5) is 10.2 Å². The van der Waals surface area contributed by atoms with E-state index in [1.165, 1.54) is 6.07 Å². The minimum atomic E-state index is -1.61. The van der Waals surface area contributed by atoms with Crippen LogP contribution >= 0.6 is 8.15 Å². The molecule has 3 aromatic rings. The van der Waals surface area contributed by atoms with Crippen molar-refractivity contribution in [2.24, 2.45) is 5.73 Å². The molecule has 188 valence electrons. The minimum absolute atomic E-state index is 0.124. The minimum Gasteiger partial charge on any atom is -0.491 e. The van der Waals surface area contributed by atoms with Gasteiger partial charge in [0.1, 0.15) is 24.0 Å². The Labute approximate surface area is 210 Å². The van der Waals surface area contributed by atoms with Crippen LogP contribution in [-0.4, -0.2) is 53.0 Å². The fraction of sp³-hybridized carbons (Fsp3) is 0.269. The molecular weight excluding hydrogens is 482 g/mol. The molecule has 4 N–H and O–H groups in total. The van der Waals surface area contributed by atoms with Crippen LogP contribution in [0.25, 0.3) is 11.1 Å². The molecule has 0 bridgehead atoms. The molecule has 0 aliphatic carbocycles. The second kappa shape index (κ2) is 11.1. The van der Waals surface area contributed by atoms with Gasteiger partial charge in [0.2, 0.25) is 5.91 Å². The Morgan fingerprint density at radius 1 is 1.22 bits per heavy atom. The number of hydrogen-bond donors (Lipinski definition) is 3. The average molecular weight is 511 g/mol. The van der Waals surface area contributed by atoms with E-state index < -0.39 is 14.0 Å². The Morgan fingerprint density at radius 3 is 2.67 bits per heavy atom. The van der Waals surface area contributed by atoms with Gasteiger partial charge in [0.15, 0.2) is 0 Å². The predicted octanol–water partition coefficient (Wildman–Crippen LogP) is 3.03. The van der Waals surface area contributed by atoms with Crippen molar-refractivity contribution >= 4 is 31.1 Å². The van der Waals surface area contributed by atoms with Crippen molar-refractivity contribution in [3.63, 3.8) is 0 Å². The zero-order valence-corrected chi connectivity index (χ0v) is 21.0. The van der Waals surface area contributed by atoms with E-state index in [4.69, 9.17) is 10.5 Å². The zero-order chi connectivity index (χ0) is 25.8. The summed E-state index contributed by atoms with van der Waals surface area (Å²) in [5.74, 6) is -0.0188. The van der Waals surface area contributed by atoms with Crippen LogP contribution < -0.4 is 21.1 Å². The number of benzene rings is 2. The van der Waals surface area contributed by atoms with E-state index in [2.05, 4.69) is 10.3 Å². The molecule has 1 unspecified atom stereocenters. The number of pyridine rings is 1. The lowest BCUT2D eigenvalue weighted by Gasteiger charge is -2.22. The third-order valence-corrected chi connectivity index (χ3v) is 7.08. The highest BCUT2D eigenvalue weighted by Gasteiger charge is 2.26. The van der Waals surface area contributed by atoms with E-state index in [0.29, 0.717) is 48.8 Å². The first kappa shape index (κ1) is 25.7. The smallest absolute Gasteiger partial charge is 0.254 e. The fourth-order valence-corrected chi connectivity index (χ4v) is 4.86. The number of hydrogen-bond acceptors (Lipinski definition) is 6. The molecule has 8 nitrogen and oxygen atoms in total. The Balaban J connectivity index is 1.60. The highest BCUT2D eigenvalue weighted by atomic mass is 31.1. The molecule has 10 heteroatoms. The number of halogens is 1. The normalized spacial score (nSPS) is 13.9. The van der Waals surface area contributed by atoms with Crippen molar-refractivity contribution < 1.29 is 23.6 Å². The Bertz CT molecular complexity index is 1280. The summed E-state index contributed by atoms with van der Waals surface area (Å²) in [6.07, 6.45) is 1.99. The SMILES string of the molecule is CCc1c(C(=O)N2CCOc3ccc(-c4ccc(NC(=O)CN)nc4)cc3C2)ccc(P(C)O)c1F. The van der Waals surface area contributed by atoms with Gasteiger partial charge < -0.3 is 25.6 Å². The number of aromatic nitrogens is 1. The Kier molecular flexibility index (Phi) is 7.94. The molecule has 0 saturated carbocycles. The highest BCUT2D eigenvalue weighted by Crippen LogP contribution is 2.31. The van der Waals surface area contributed by atoms with Gasteiger partial charge in [-0.2, -0.15) is 0 Å². The molecule has 0 saturated heterocycles. The number of anilines is 1. The number of nitrogens with two attached hydrogens (primary N) is 1. The number of amides is 2. The van der Waals surface area contributed by atoms with Crippen molar-refractivity contribution in [1.29, 1.82) is 0 Å². The molecule has 0 radical (unpaired) electrons. The van der Waals surface area contributed by atoms with E-state index in [1.54, 1.807) is 36.8 Å². The summed E-state index contributed by atoms with van der Waals surface area (Å²) in [6.45, 7) is 4.20. The first-order valence-electron chi connectivity index (χ1n) is 11.6. The van der Waals surface area contributed by atoms with Crippen molar-refractivity contribution in [3.8, 4) is 16.9 Å². The average Bonchev–Trinajstić information content (AvgIpc) is 3.10. The molecule has 1 aliphatic rings. The van der Waals surface area contributed by atoms with Crippen LogP contribution in [0.1, 0.15) is 28.4 Å². The number of carbonyl (C=O) groups excluding carboxylic acids is 2. The van der Waals surface area contributed by atoms with Crippen molar-refractivity contribution in [2.75, 3.05) is 31.7 Å². The lowest BCUT2D eigenvalue weighted by atomic mass is 10.0. The van der Waals surface area contributed by atoms with E-state index in [0.717, 1.165) is 16.7 Å². The first-order chi connectivity index (χ1) is 17.3.